The summed E-state index contributed by atoms with van der Waals surface area (Å²) < 4.78 is 0. The van der Waals surface area contributed by atoms with E-state index in [1.807, 2.05) is 6.92 Å². The minimum absolute atomic E-state index is 0.0649. The van der Waals surface area contributed by atoms with Gasteiger partial charge >= 0.3 is 0 Å². The van der Waals surface area contributed by atoms with Crippen molar-refractivity contribution in [1.29, 1.82) is 0 Å². The number of nitrogens with one attached hydrogen (secondary N) is 3. The summed E-state index contributed by atoms with van der Waals surface area (Å²) in [5.41, 5.74) is 0. The Hall–Kier alpha value is -0.610. The highest BCUT2D eigenvalue weighted by Gasteiger charge is 2.21. The van der Waals surface area contributed by atoms with E-state index in [1.165, 1.54) is 0 Å². The molecule has 0 radical (unpaired) electrons. The summed E-state index contributed by atoms with van der Waals surface area (Å²) >= 11 is 0. The summed E-state index contributed by atoms with van der Waals surface area (Å²) in [7, 11) is 0. The summed E-state index contributed by atoms with van der Waals surface area (Å²) in [6.07, 6.45) is 0. The highest BCUT2D eigenvalue weighted by Crippen LogP contribution is 2.00. The van der Waals surface area contributed by atoms with Gasteiger partial charge in [0, 0.05) is 25.7 Å². The third kappa shape index (κ3) is 3.27. The van der Waals surface area contributed by atoms with Crippen LogP contribution in [0.15, 0.2) is 0 Å². The maximum atomic E-state index is 11.7. The molecule has 1 heterocycles. The number of carbonyl (C=O) groups is 1. The monoisotopic (exact) mass is 199 g/mol. The van der Waals surface area contributed by atoms with Crippen molar-refractivity contribution in [3.8, 4) is 0 Å². The topological polar surface area (TPSA) is 53.2 Å². The normalized spacial score (nSPS) is 24.7. The molecule has 1 saturated heterocycles. The van der Waals surface area contributed by atoms with Crippen LogP contribution in [0.3, 0.4) is 0 Å². The second kappa shape index (κ2) is 5.32. The molecule has 0 aromatic rings. The largest absolute Gasteiger partial charge is 0.352 e. The molecule has 2 unspecified atom stereocenters. The van der Waals surface area contributed by atoms with Gasteiger partial charge in [-0.2, -0.15) is 0 Å². The van der Waals surface area contributed by atoms with Gasteiger partial charge in [0.1, 0.15) is 0 Å². The quantitative estimate of drug-likeness (QED) is 0.585. The highest BCUT2D eigenvalue weighted by atomic mass is 16.2. The van der Waals surface area contributed by atoms with Gasteiger partial charge in [-0.25, -0.2) is 0 Å². The van der Waals surface area contributed by atoms with Crippen LogP contribution in [-0.2, 0) is 4.79 Å². The first-order valence-electron chi connectivity index (χ1n) is 5.35. The Morgan fingerprint density at radius 3 is 2.57 bits per heavy atom. The first-order valence-corrected chi connectivity index (χ1v) is 5.35. The molecular weight excluding hydrogens is 178 g/mol. The maximum Gasteiger partial charge on any atom is 0.238 e. The average molecular weight is 199 g/mol. The number of carbonyl (C=O) groups excluding carboxylic acids is 1. The van der Waals surface area contributed by atoms with Gasteiger partial charge in [0.2, 0.25) is 5.91 Å². The van der Waals surface area contributed by atoms with E-state index in [2.05, 4.69) is 29.8 Å². The van der Waals surface area contributed by atoms with E-state index in [1.54, 1.807) is 0 Å². The van der Waals surface area contributed by atoms with Gasteiger partial charge in [-0.05, 0) is 12.8 Å². The molecule has 82 valence electrons. The summed E-state index contributed by atoms with van der Waals surface area (Å²) in [5.74, 6) is 0.592. The molecule has 0 aliphatic carbocycles. The second-order valence-corrected chi connectivity index (χ2v) is 4.25. The molecule has 4 nitrogen and oxygen atoms in total. The van der Waals surface area contributed by atoms with E-state index in [0.29, 0.717) is 5.92 Å². The molecule has 0 aromatic carbocycles. The van der Waals surface area contributed by atoms with E-state index in [-0.39, 0.29) is 18.0 Å². The summed E-state index contributed by atoms with van der Waals surface area (Å²) in [4.78, 5) is 11.7. The minimum atomic E-state index is -0.0649. The standard InChI is InChI=1S/C10H21N3O/c1-7(2)8(3)13-10(14)9-6-11-4-5-12-9/h7-9,11-12H,4-6H2,1-3H3,(H,13,14). The van der Waals surface area contributed by atoms with Gasteiger partial charge in [0.15, 0.2) is 0 Å². The third-order valence-corrected chi connectivity index (χ3v) is 2.73. The van der Waals surface area contributed by atoms with Crippen molar-refractivity contribution in [2.45, 2.75) is 32.9 Å². The number of hydrogen-bond acceptors (Lipinski definition) is 3. The first kappa shape index (κ1) is 11.5. The zero-order chi connectivity index (χ0) is 10.6. The van der Waals surface area contributed by atoms with Crippen LogP contribution in [0, 0.1) is 5.92 Å². The fourth-order valence-corrected chi connectivity index (χ4v) is 1.33. The van der Waals surface area contributed by atoms with Crippen LogP contribution in [0.2, 0.25) is 0 Å². The second-order valence-electron chi connectivity index (χ2n) is 4.25. The molecule has 2 atom stereocenters. The van der Waals surface area contributed by atoms with Crippen molar-refractivity contribution in [2.75, 3.05) is 19.6 Å². The Bertz CT molecular complexity index is 188. The SMILES string of the molecule is CC(C)C(C)NC(=O)C1CNCCN1. The van der Waals surface area contributed by atoms with Crippen LogP contribution in [-0.4, -0.2) is 37.6 Å². The molecule has 1 rings (SSSR count). The predicted molar refractivity (Wildman–Crippen MR) is 57.1 cm³/mol. The highest BCUT2D eigenvalue weighted by molar-refractivity contribution is 5.82. The lowest BCUT2D eigenvalue weighted by Crippen LogP contribution is -2.57. The molecule has 0 aromatic heterocycles. The lowest BCUT2D eigenvalue weighted by atomic mass is 10.1. The van der Waals surface area contributed by atoms with Crippen LogP contribution in [0.25, 0.3) is 0 Å². The molecule has 0 saturated carbocycles. The zero-order valence-electron chi connectivity index (χ0n) is 9.26. The average Bonchev–Trinajstić information content (AvgIpc) is 2.19. The smallest absolute Gasteiger partial charge is 0.238 e. The van der Waals surface area contributed by atoms with Gasteiger partial charge in [0.25, 0.3) is 0 Å². The Morgan fingerprint density at radius 1 is 1.36 bits per heavy atom. The van der Waals surface area contributed by atoms with E-state index >= 15 is 0 Å². The van der Waals surface area contributed by atoms with Gasteiger partial charge in [0.05, 0.1) is 6.04 Å². The van der Waals surface area contributed by atoms with Crippen LogP contribution >= 0.6 is 0 Å². The molecule has 1 fully saturated rings. The Balaban J connectivity index is 2.33. The van der Waals surface area contributed by atoms with E-state index in [4.69, 9.17) is 0 Å². The summed E-state index contributed by atoms with van der Waals surface area (Å²) in [6.45, 7) is 8.81. The van der Waals surface area contributed by atoms with Crippen molar-refractivity contribution in [2.24, 2.45) is 5.92 Å². The molecule has 0 bridgehead atoms. The van der Waals surface area contributed by atoms with Crippen LogP contribution < -0.4 is 16.0 Å². The Kier molecular flexibility index (Phi) is 4.35. The van der Waals surface area contributed by atoms with Crippen molar-refractivity contribution in [3.63, 3.8) is 0 Å². The van der Waals surface area contributed by atoms with Crippen LogP contribution in [0.5, 0.6) is 0 Å². The molecule has 1 aliphatic rings. The van der Waals surface area contributed by atoms with Gasteiger partial charge in [-0.3, -0.25) is 4.79 Å². The Morgan fingerprint density at radius 2 is 2.07 bits per heavy atom. The zero-order valence-corrected chi connectivity index (χ0v) is 9.26. The fraction of sp³-hybridized carbons (Fsp3) is 0.900. The number of piperazine rings is 1. The van der Waals surface area contributed by atoms with Gasteiger partial charge in [-0.1, -0.05) is 13.8 Å². The van der Waals surface area contributed by atoms with Crippen molar-refractivity contribution < 1.29 is 4.79 Å². The van der Waals surface area contributed by atoms with Crippen molar-refractivity contribution >= 4 is 5.91 Å². The van der Waals surface area contributed by atoms with Crippen molar-refractivity contribution in [1.82, 2.24) is 16.0 Å². The van der Waals surface area contributed by atoms with E-state index < -0.39 is 0 Å². The summed E-state index contributed by atoms with van der Waals surface area (Å²) in [6, 6.07) is 0.177. The Labute approximate surface area is 85.8 Å². The summed E-state index contributed by atoms with van der Waals surface area (Å²) in [5, 5.41) is 9.39. The molecular formula is C10H21N3O. The van der Waals surface area contributed by atoms with Crippen LogP contribution in [0.1, 0.15) is 20.8 Å². The van der Waals surface area contributed by atoms with Gasteiger partial charge < -0.3 is 16.0 Å². The molecule has 14 heavy (non-hydrogen) atoms. The first-order chi connectivity index (χ1) is 6.61. The maximum absolute atomic E-state index is 11.7. The molecule has 3 N–H and O–H groups in total. The molecule has 4 heteroatoms. The minimum Gasteiger partial charge on any atom is -0.352 e. The number of rotatable bonds is 3. The lowest BCUT2D eigenvalue weighted by molar-refractivity contribution is -0.124. The molecule has 1 aliphatic heterocycles. The molecule has 1 amide bonds. The van der Waals surface area contributed by atoms with Crippen LogP contribution in [0.4, 0.5) is 0 Å². The lowest BCUT2D eigenvalue weighted by Gasteiger charge is -2.26. The third-order valence-electron chi connectivity index (χ3n) is 2.73. The fourth-order valence-electron chi connectivity index (χ4n) is 1.33. The number of amides is 1. The predicted octanol–water partition coefficient (Wildman–Crippen LogP) is -0.291. The molecule has 0 spiro atoms. The number of hydrogen-bond donors (Lipinski definition) is 3. The van der Waals surface area contributed by atoms with Gasteiger partial charge in [-0.15, -0.1) is 0 Å². The van der Waals surface area contributed by atoms with E-state index in [9.17, 15) is 4.79 Å². The van der Waals surface area contributed by atoms with E-state index in [0.717, 1.165) is 19.6 Å². The van der Waals surface area contributed by atoms with Crippen molar-refractivity contribution in [3.05, 3.63) is 0 Å².